The van der Waals surface area contributed by atoms with Crippen LogP contribution in [-0.4, -0.2) is 43.4 Å². The Labute approximate surface area is 162 Å². The summed E-state index contributed by atoms with van der Waals surface area (Å²) in [6, 6.07) is 8.97. The van der Waals surface area contributed by atoms with Gasteiger partial charge < -0.3 is 15.5 Å². The maximum atomic E-state index is 11.6. The monoisotopic (exact) mass is 444 g/mol. The minimum Gasteiger partial charge on any atom is -0.356 e. The fourth-order valence-electron chi connectivity index (χ4n) is 2.40. The highest BCUT2D eigenvalue weighted by atomic mass is 127. The molecule has 2 rings (SSSR count). The van der Waals surface area contributed by atoms with Crippen LogP contribution in [0.1, 0.15) is 36.8 Å². The summed E-state index contributed by atoms with van der Waals surface area (Å²) in [6.45, 7) is 3.65. The standard InChI is InChI=1S/C18H28N4O.HI/c1-14-6-8-15(9-7-14)13-22(3)18(19-2)20-12-4-5-17(23)21-16-10-11-16;/h6-9,16H,4-5,10-13H2,1-3H3,(H,19,20)(H,21,23);1H. The summed E-state index contributed by atoms with van der Waals surface area (Å²) in [4.78, 5) is 18.0. The molecule has 0 spiro atoms. The Morgan fingerprint density at radius 1 is 1.29 bits per heavy atom. The Balaban J connectivity index is 0.00000288. The molecule has 0 aromatic heterocycles. The molecule has 0 bridgehead atoms. The highest BCUT2D eigenvalue weighted by Gasteiger charge is 2.22. The second kappa shape index (κ2) is 10.5. The predicted octanol–water partition coefficient (Wildman–Crippen LogP) is 2.68. The van der Waals surface area contributed by atoms with E-state index in [0.29, 0.717) is 12.5 Å². The first-order valence-corrected chi connectivity index (χ1v) is 8.35. The van der Waals surface area contributed by atoms with Gasteiger partial charge in [0.15, 0.2) is 5.96 Å². The predicted molar refractivity (Wildman–Crippen MR) is 110 cm³/mol. The summed E-state index contributed by atoms with van der Waals surface area (Å²) in [5.41, 5.74) is 2.52. The van der Waals surface area contributed by atoms with Crippen LogP contribution in [0.15, 0.2) is 29.3 Å². The minimum atomic E-state index is 0. The molecular formula is C18H29IN4O. The van der Waals surface area contributed by atoms with E-state index in [1.807, 2.05) is 7.05 Å². The molecule has 1 amide bonds. The summed E-state index contributed by atoms with van der Waals surface area (Å²) in [5, 5.41) is 6.33. The molecule has 0 atom stereocenters. The zero-order chi connectivity index (χ0) is 16.7. The minimum absolute atomic E-state index is 0. The fourth-order valence-corrected chi connectivity index (χ4v) is 2.40. The van der Waals surface area contributed by atoms with Crippen molar-refractivity contribution in [2.45, 2.75) is 45.2 Å². The molecule has 0 unspecified atom stereocenters. The first-order chi connectivity index (χ1) is 11.1. The van der Waals surface area contributed by atoms with Crippen LogP contribution in [0.25, 0.3) is 0 Å². The van der Waals surface area contributed by atoms with Crippen molar-refractivity contribution in [3.63, 3.8) is 0 Å². The second-order valence-electron chi connectivity index (χ2n) is 6.26. The SMILES string of the molecule is CN=C(NCCCC(=O)NC1CC1)N(C)Cc1ccc(C)cc1.I. The summed E-state index contributed by atoms with van der Waals surface area (Å²) in [6.07, 6.45) is 3.67. The highest BCUT2D eigenvalue weighted by Crippen LogP contribution is 2.18. The van der Waals surface area contributed by atoms with Gasteiger partial charge >= 0.3 is 0 Å². The third-order valence-electron chi connectivity index (χ3n) is 3.92. The van der Waals surface area contributed by atoms with Gasteiger partial charge in [-0.3, -0.25) is 9.79 Å². The molecule has 1 fully saturated rings. The molecule has 0 heterocycles. The summed E-state index contributed by atoms with van der Waals surface area (Å²) < 4.78 is 0. The Morgan fingerprint density at radius 3 is 2.54 bits per heavy atom. The van der Waals surface area contributed by atoms with Gasteiger partial charge in [0.25, 0.3) is 0 Å². The van der Waals surface area contributed by atoms with Gasteiger partial charge in [0.1, 0.15) is 0 Å². The Bertz CT molecular complexity index is 540. The average molecular weight is 444 g/mol. The number of amides is 1. The topological polar surface area (TPSA) is 56.7 Å². The van der Waals surface area contributed by atoms with Crippen molar-refractivity contribution in [3.8, 4) is 0 Å². The van der Waals surface area contributed by atoms with E-state index in [1.165, 1.54) is 11.1 Å². The van der Waals surface area contributed by atoms with Crippen LogP contribution < -0.4 is 10.6 Å². The molecule has 5 nitrogen and oxygen atoms in total. The molecule has 1 aliphatic rings. The molecule has 24 heavy (non-hydrogen) atoms. The van der Waals surface area contributed by atoms with Gasteiger partial charge in [0, 0.05) is 39.6 Å². The van der Waals surface area contributed by atoms with E-state index >= 15 is 0 Å². The van der Waals surface area contributed by atoms with Crippen molar-refractivity contribution >= 4 is 35.8 Å². The average Bonchev–Trinajstić information content (AvgIpc) is 3.33. The normalized spacial score (nSPS) is 13.9. The molecule has 0 saturated heterocycles. The van der Waals surface area contributed by atoms with E-state index in [-0.39, 0.29) is 29.9 Å². The zero-order valence-corrected chi connectivity index (χ0v) is 17.2. The van der Waals surface area contributed by atoms with E-state index < -0.39 is 0 Å². The number of hydrogen-bond acceptors (Lipinski definition) is 2. The van der Waals surface area contributed by atoms with Crippen molar-refractivity contribution < 1.29 is 4.79 Å². The van der Waals surface area contributed by atoms with E-state index in [4.69, 9.17) is 0 Å². The number of hydrogen-bond donors (Lipinski definition) is 2. The van der Waals surface area contributed by atoms with Crippen molar-refractivity contribution in [1.82, 2.24) is 15.5 Å². The van der Waals surface area contributed by atoms with Gasteiger partial charge in [0.05, 0.1) is 0 Å². The van der Waals surface area contributed by atoms with Gasteiger partial charge in [-0.05, 0) is 31.7 Å². The number of aryl methyl sites for hydroxylation is 1. The van der Waals surface area contributed by atoms with Crippen LogP contribution in [0.3, 0.4) is 0 Å². The number of carbonyl (C=O) groups is 1. The van der Waals surface area contributed by atoms with Crippen LogP contribution in [-0.2, 0) is 11.3 Å². The number of halogens is 1. The van der Waals surface area contributed by atoms with Gasteiger partial charge in [0.2, 0.25) is 5.91 Å². The van der Waals surface area contributed by atoms with Crippen LogP contribution >= 0.6 is 24.0 Å². The largest absolute Gasteiger partial charge is 0.356 e. The summed E-state index contributed by atoms with van der Waals surface area (Å²) >= 11 is 0. The first-order valence-electron chi connectivity index (χ1n) is 8.35. The molecule has 2 N–H and O–H groups in total. The molecule has 1 aromatic carbocycles. The number of nitrogens with one attached hydrogen (secondary N) is 2. The van der Waals surface area contributed by atoms with Gasteiger partial charge in [-0.25, -0.2) is 0 Å². The van der Waals surface area contributed by atoms with Crippen LogP contribution in [0.4, 0.5) is 0 Å². The molecule has 1 aliphatic carbocycles. The van der Waals surface area contributed by atoms with E-state index in [2.05, 4.69) is 51.7 Å². The highest BCUT2D eigenvalue weighted by molar-refractivity contribution is 14.0. The quantitative estimate of drug-likeness (QED) is 0.294. The lowest BCUT2D eigenvalue weighted by Gasteiger charge is -2.22. The Kier molecular flexibility index (Phi) is 9.10. The van der Waals surface area contributed by atoms with Gasteiger partial charge in [-0.2, -0.15) is 0 Å². The lowest BCUT2D eigenvalue weighted by Crippen LogP contribution is -2.39. The zero-order valence-electron chi connectivity index (χ0n) is 14.8. The van der Waals surface area contributed by atoms with Crippen LogP contribution in [0.2, 0.25) is 0 Å². The van der Waals surface area contributed by atoms with Crippen molar-refractivity contribution in [1.29, 1.82) is 0 Å². The Morgan fingerprint density at radius 2 is 1.96 bits per heavy atom. The molecule has 6 heteroatoms. The lowest BCUT2D eigenvalue weighted by molar-refractivity contribution is -0.121. The summed E-state index contributed by atoms with van der Waals surface area (Å²) in [5.74, 6) is 1.02. The third-order valence-corrected chi connectivity index (χ3v) is 3.92. The van der Waals surface area contributed by atoms with E-state index in [9.17, 15) is 4.79 Å². The van der Waals surface area contributed by atoms with Crippen LogP contribution in [0, 0.1) is 6.92 Å². The lowest BCUT2D eigenvalue weighted by atomic mass is 10.1. The van der Waals surface area contributed by atoms with Gasteiger partial charge in [-0.15, -0.1) is 24.0 Å². The number of benzene rings is 1. The number of nitrogens with zero attached hydrogens (tertiary/aromatic N) is 2. The number of rotatable bonds is 7. The molecule has 0 aliphatic heterocycles. The maximum Gasteiger partial charge on any atom is 0.220 e. The number of guanidine groups is 1. The third kappa shape index (κ3) is 7.51. The molecule has 134 valence electrons. The van der Waals surface area contributed by atoms with E-state index in [0.717, 1.165) is 38.3 Å². The van der Waals surface area contributed by atoms with E-state index in [1.54, 1.807) is 7.05 Å². The molecule has 1 saturated carbocycles. The summed E-state index contributed by atoms with van der Waals surface area (Å²) in [7, 11) is 3.81. The van der Waals surface area contributed by atoms with Crippen LogP contribution in [0.5, 0.6) is 0 Å². The molecule has 1 aromatic rings. The smallest absolute Gasteiger partial charge is 0.220 e. The maximum absolute atomic E-state index is 11.6. The molecule has 0 radical (unpaired) electrons. The van der Waals surface area contributed by atoms with Crippen molar-refractivity contribution in [3.05, 3.63) is 35.4 Å². The van der Waals surface area contributed by atoms with Crippen molar-refractivity contribution in [2.24, 2.45) is 4.99 Å². The Hall–Kier alpha value is -1.31. The second-order valence-corrected chi connectivity index (χ2v) is 6.26. The number of carbonyl (C=O) groups excluding carboxylic acids is 1. The number of aliphatic imine (C=N–C) groups is 1. The molecular weight excluding hydrogens is 415 g/mol. The first kappa shape index (κ1) is 20.7. The fraction of sp³-hybridized carbons (Fsp3) is 0.556. The van der Waals surface area contributed by atoms with Crippen molar-refractivity contribution in [2.75, 3.05) is 20.6 Å². The van der Waals surface area contributed by atoms with Gasteiger partial charge in [-0.1, -0.05) is 29.8 Å².